The summed E-state index contributed by atoms with van der Waals surface area (Å²) in [5.41, 5.74) is 7.84. The second-order valence-corrected chi connectivity index (χ2v) is 5.37. The standard InChI is InChI=1S/C10H12N2.C6H14O/c1-3-6-12-10-7-9(11)5-4-8(10)2;1-5(2)6(3,4)7/h3-7H,1,11H2,2H3;5,7H,1-4H3. The van der Waals surface area contributed by atoms with Crippen LogP contribution in [0.5, 0.6) is 0 Å². The molecule has 0 radical (unpaired) electrons. The van der Waals surface area contributed by atoms with Crippen molar-refractivity contribution in [3.05, 3.63) is 36.4 Å². The fourth-order valence-electron chi connectivity index (χ4n) is 0.899. The van der Waals surface area contributed by atoms with Crippen LogP contribution in [-0.2, 0) is 0 Å². The molecule has 0 saturated carbocycles. The van der Waals surface area contributed by atoms with Crippen LogP contribution in [0.15, 0.2) is 35.8 Å². The summed E-state index contributed by atoms with van der Waals surface area (Å²) in [5, 5.41) is 9.09. The van der Waals surface area contributed by atoms with Crippen molar-refractivity contribution in [2.24, 2.45) is 10.9 Å². The molecule has 0 heterocycles. The van der Waals surface area contributed by atoms with E-state index in [1.54, 1.807) is 12.3 Å². The van der Waals surface area contributed by atoms with Crippen LogP contribution in [0.3, 0.4) is 0 Å². The van der Waals surface area contributed by atoms with E-state index in [9.17, 15) is 0 Å². The summed E-state index contributed by atoms with van der Waals surface area (Å²) in [6.07, 6.45) is 3.30. The minimum Gasteiger partial charge on any atom is -0.399 e. The molecule has 0 amide bonds. The molecule has 0 saturated heterocycles. The summed E-state index contributed by atoms with van der Waals surface area (Å²) in [6, 6.07) is 5.66. The summed E-state index contributed by atoms with van der Waals surface area (Å²) in [7, 11) is 0. The lowest BCUT2D eigenvalue weighted by atomic mass is 9.95. The van der Waals surface area contributed by atoms with Gasteiger partial charge in [0.1, 0.15) is 0 Å². The van der Waals surface area contributed by atoms with E-state index in [2.05, 4.69) is 11.6 Å². The highest BCUT2D eigenvalue weighted by molar-refractivity contribution is 5.75. The van der Waals surface area contributed by atoms with Crippen LogP contribution >= 0.6 is 0 Å². The van der Waals surface area contributed by atoms with Gasteiger partial charge in [-0.2, -0.15) is 0 Å². The van der Waals surface area contributed by atoms with Crippen molar-refractivity contribution >= 4 is 17.6 Å². The van der Waals surface area contributed by atoms with E-state index in [0.717, 1.165) is 16.9 Å². The minimum atomic E-state index is -0.500. The Balaban J connectivity index is 0.000000399. The number of hydrogen-bond acceptors (Lipinski definition) is 3. The fraction of sp³-hybridized carbons (Fsp3) is 0.438. The molecule has 1 rings (SSSR count). The molecule has 0 spiro atoms. The Labute approximate surface area is 116 Å². The molecule has 3 heteroatoms. The molecule has 3 nitrogen and oxygen atoms in total. The fourth-order valence-corrected chi connectivity index (χ4v) is 0.899. The number of nitrogen functional groups attached to an aromatic ring is 1. The first-order valence-corrected chi connectivity index (χ1v) is 6.42. The van der Waals surface area contributed by atoms with Crippen molar-refractivity contribution in [2.75, 3.05) is 5.73 Å². The molecule has 0 unspecified atom stereocenters. The lowest BCUT2D eigenvalue weighted by molar-refractivity contribution is 0.0327. The van der Waals surface area contributed by atoms with E-state index in [1.807, 2.05) is 52.8 Å². The number of aryl methyl sites for hydroxylation is 1. The second-order valence-electron chi connectivity index (χ2n) is 5.37. The lowest BCUT2D eigenvalue weighted by Crippen LogP contribution is -2.25. The number of aliphatic hydroxyl groups is 1. The molecule has 1 aromatic rings. The smallest absolute Gasteiger partial charge is 0.0679 e. The molecule has 0 aromatic heterocycles. The summed E-state index contributed by atoms with van der Waals surface area (Å²) in [6.45, 7) is 13.2. The minimum absolute atomic E-state index is 0.354. The Morgan fingerprint density at radius 3 is 2.32 bits per heavy atom. The van der Waals surface area contributed by atoms with Gasteiger partial charge >= 0.3 is 0 Å². The van der Waals surface area contributed by atoms with Gasteiger partial charge in [-0.3, -0.25) is 4.99 Å². The Kier molecular flexibility index (Phi) is 7.09. The Hall–Kier alpha value is -1.61. The van der Waals surface area contributed by atoms with Crippen molar-refractivity contribution in [1.82, 2.24) is 0 Å². The predicted octanol–water partition coefficient (Wildman–Crippen LogP) is 3.88. The molecule has 0 fully saturated rings. The van der Waals surface area contributed by atoms with Gasteiger partial charge in [-0.1, -0.05) is 32.6 Å². The van der Waals surface area contributed by atoms with E-state index in [-0.39, 0.29) is 0 Å². The number of rotatable bonds is 3. The maximum atomic E-state index is 9.09. The predicted molar refractivity (Wildman–Crippen MR) is 85.1 cm³/mol. The Morgan fingerprint density at radius 2 is 1.89 bits per heavy atom. The van der Waals surface area contributed by atoms with E-state index in [1.165, 1.54) is 0 Å². The van der Waals surface area contributed by atoms with Crippen LogP contribution in [0, 0.1) is 12.8 Å². The zero-order chi connectivity index (χ0) is 15.1. The maximum Gasteiger partial charge on any atom is 0.0679 e. The third-order valence-electron chi connectivity index (χ3n) is 2.97. The highest BCUT2D eigenvalue weighted by atomic mass is 16.3. The number of benzene rings is 1. The van der Waals surface area contributed by atoms with Crippen molar-refractivity contribution in [2.45, 2.75) is 40.2 Å². The highest BCUT2D eigenvalue weighted by Gasteiger charge is 2.16. The van der Waals surface area contributed by atoms with E-state index in [4.69, 9.17) is 10.8 Å². The number of nitrogens with two attached hydrogens (primary N) is 1. The first kappa shape index (κ1) is 17.4. The van der Waals surface area contributed by atoms with Gasteiger partial charge in [-0.15, -0.1) is 0 Å². The van der Waals surface area contributed by atoms with Crippen LogP contribution in [0.4, 0.5) is 11.4 Å². The summed E-state index contributed by atoms with van der Waals surface area (Å²) in [5.74, 6) is 0.354. The Morgan fingerprint density at radius 1 is 1.37 bits per heavy atom. The van der Waals surface area contributed by atoms with Crippen LogP contribution in [0.1, 0.15) is 33.3 Å². The molecular formula is C16H26N2O. The molecule has 0 aliphatic rings. The van der Waals surface area contributed by atoms with Crippen LogP contribution in [-0.4, -0.2) is 16.9 Å². The lowest BCUT2D eigenvalue weighted by Gasteiger charge is -2.21. The number of nitrogens with zero attached hydrogens (tertiary/aromatic N) is 1. The zero-order valence-electron chi connectivity index (χ0n) is 12.6. The van der Waals surface area contributed by atoms with Gasteiger partial charge in [0, 0.05) is 11.9 Å². The average Bonchev–Trinajstić information content (AvgIpc) is 2.30. The SMILES string of the molecule is C=CC=Nc1cc(N)ccc1C.CC(C)C(C)(C)O. The monoisotopic (exact) mass is 262 g/mol. The molecule has 0 atom stereocenters. The third kappa shape index (κ3) is 7.42. The molecule has 0 bridgehead atoms. The summed E-state index contributed by atoms with van der Waals surface area (Å²) >= 11 is 0. The molecule has 1 aromatic carbocycles. The Bertz CT molecular complexity index is 429. The van der Waals surface area contributed by atoms with E-state index in [0.29, 0.717) is 5.92 Å². The normalized spacial score (nSPS) is 11.3. The van der Waals surface area contributed by atoms with Gasteiger partial charge in [0.2, 0.25) is 0 Å². The van der Waals surface area contributed by atoms with Gasteiger partial charge in [0.05, 0.1) is 11.3 Å². The van der Waals surface area contributed by atoms with Gasteiger partial charge in [-0.05, 0) is 44.4 Å². The molecule has 19 heavy (non-hydrogen) atoms. The number of allylic oxidation sites excluding steroid dienone is 1. The number of hydrogen-bond donors (Lipinski definition) is 2. The third-order valence-corrected chi connectivity index (χ3v) is 2.97. The maximum absolute atomic E-state index is 9.09. The zero-order valence-corrected chi connectivity index (χ0v) is 12.6. The van der Waals surface area contributed by atoms with Crippen LogP contribution in [0.25, 0.3) is 0 Å². The number of anilines is 1. The molecule has 3 N–H and O–H groups in total. The van der Waals surface area contributed by atoms with Gasteiger partial charge < -0.3 is 10.8 Å². The van der Waals surface area contributed by atoms with Crippen molar-refractivity contribution in [1.29, 1.82) is 0 Å². The van der Waals surface area contributed by atoms with Gasteiger partial charge in [0.25, 0.3) is 0 Å². The average molecular weight is 262 g/mol. The molecule has 106 valence electrons. The van der Waals surface area contributed by atoms with E-state index < -0.39 is 5.60 Å². The van der Waals surface area contributed by atoms with Gasteiger partial charge in [0.15, 0.2) is 0 Å². The topological polar surface area (TPSA) is 58.6 Å². The van der Waals surface area contributed by atoms with Crippen LogP contribution in [0.2, 0.25) is 0 Å². The molecule has 0 aliphatic carbocycles. The van der Waals surface area contributed by atoms with Crippen LogP contribution < -0.4 is 5.73 Å². The van der Waals surface area contributed by atoms with Gasteiger partial charge in [-0.25, -0.2) is 0 Å². The summed E-state index contributed by atoms with van der Waals surface area (Å²) in [4.78, 5) is 4.16. The first-order valence-electron chi connectivity index (χ1n) is 6.42. The molecule has 0 aliphatic heterocycles. The quantitative estimate of drug-likeness (QED) is 0.641. The second kappa shape index (κ2) is 7.74. The van der Waals surface area contributed by atoms with Crippen molar-refractivity contribution < 1.29 is 5.11 Å². The first-order chi connectivity index (χ1) is 8.68. The highest BCUT2D eigenvalue weighted by Crippen LogP contribution is 2.20. The summed E-state index contributed by atoms with van der Waals surface area (Å²) < 4.78 is 0. The number of aliphatic imine (C=N–C) groups is 1. The van der Waals surface area contributed by atoms with Crippen molar-refractivity contribution in [3.63, 3.8) is 0 Å². The largest absolute Gasteiger partial charge is 0.399 e. The van der Waals surface area contributed by atoms with Crippen molar-refractivity contribution in [3.8, 4) is 0 Å². The van der Waals surface area contributed by atoms with E-state index >= 15 is 0 Å². The molecular weight excluding hydrogens is 236 g/mol.